The number of hydrogen-bond donors (Lipinski definition) is 1. The van der Waals surface area contributed by atoms with Gasteiger partial charge in [0, 0.05) is 19.0 Å². The summed E-state index contributed by atoms with van der Waals surface area (Å²) in [4.78, 5) is 3.87. The van der Waals surface area contributed by atoms with Gasteiger partial charge in [-0.1, -0.05) is 0 Å². The van der Waals surface area contributed by atoms with Gasteiger partial charge in [-0.3, -0.25) is 4.98 Å². The van der Waals surface area contributed by atoms with Crippen molar-refractivity contribution in [2.75, 3.05) is 0 Å². The minimum absolute atomic E-state index is 0.0882. The van der Waals surface area contributed by atoms with Gasteiger partial charge in [-0.25, -0.2) is 13.2 Å². The third-order valence-electron chi connectivity index (χ3n) is 3.23. The molecule has 0 amide bonds. The van der Waals surface area contributed by atoms with Crippen LogP contribution >= 0.6 is 0 Å². The number of nitrogens with two attached hydrogens (primary N) is 1. The minimum Gasteiger partial charge on any atom is -0.323 e. The fourth-order valence-electron chi connectivity index (χ4n) is 2.38. The number of halogens is 3. The van der Waals surface area contributed by atoms with Crippen molar-refractivity contribution in [3.8, 4) is 0 Å². The SMILES string of the molecule is NC(CC1CCC(F)(F)C1)c1ncccc1F. The molecule has 17 heavy (non-hydrogen) atoms. The zero-order valence-electron chi connectivity index (χ0n) is 9.37. The van der Waals surface area contributed by atoms with Crippen LogP contribution in [0, 0.1) is 11.7 Å². The maximum absolute atomic E-state index is 13.4. The Labute approximate surface area is 98.0 Å². The van der Waals surface area contributed by atoms with Crippen LogP contribution in [0.4, 0.5) is 13.2 Å². The highest BCUT2D eigenvalue weighted by molar-refractivity contribution is 5.11. The second kappa shape index (κ2) is 4.64. The minimum atomic E-state index is -2.58. The lowest BCUT2D eigenvalue weighted by Gasteiger charge is -2.16. The predicted molar refractivity (Wildman–Crippen MR) is 58.0 cm³/mol. The Morgan fingerprint density at radius 2 is 2.29 bits per heavy atom. The molecule has 0 aliphatic heterocycles. The molecule has 94 valence electrons. The van der Waals surface area contributed by atoms with E-state index in [1.54, 1.807) is 0 Å². The molecule has 2 atom stereocenters. The third kappa shape index (κ3) is 2.97. The Bertz CT molecular complexity index is 395. The quantitative estimate of drug-likeness (QED) is 0.887. The lowest BCUT2D eigenvalue weighted by molar-refractivity contribution is 0.00444. The van der Waals surface area contributed by atoms with Gasteiger partial charge in [0.1, 0.15) is 5.82 Å². The maximum Gasteiger partial charge on any atom is 0.248 e. The summed E-state index contributed by atoms with van der Waals surface area (Å²) in [5.74, 6) is -3.18. The van der Waals surface area contributed by atoms with Gasteiger partial charge in [-0.2, -0.15) is 0 Å². The first kappa shape index (κ1) is 12.4. The predicted octanol–water partition coefficient (Wildman–Crippen LogP) is 3.05. The van der Waals surface area contributed by atoms with E-state index in [-0.39, 0.29) is 24.5 Å². The largest absolute Gasteiger partial charge is 0.323 e. The van der Waals surface area contributed by atoms with Crippen LogP contribution in [0.3, 0.4) is 0 Å². The third-order valence-corrected chi connectivity index (χ3v) is 3.23. The molecular formula is C12H15F3N2. The molecule has 0 saturated heterocycles. The van der Waals surface area contributed by atoms with Crippen LogP contribution in [-0.2, 0) is 0 Å². The Morgan fingerprint density at radius 3 is 2.88 bits per heavy atom. The number of hydrogen-bond acceptors (Lipinski definition) is 2. The fourth-order valence-corrected chi connectivity index (χ4v) is 2.38. The van der Waals surface area contributed by atoms with Gasteiger partial charge in [0.2, 0.25) is 5.92 Å². The second-order valence-corrected chi connectivity index (χ2v) is 4.68. The standard InChI is InChI=1S/C12H15F3N2/c13-9-2-1-5-17-11(9)10(16)6-8-3-4-12(14,15)7-8/h1-2,5,8,10H,3-4,6-7,16H2. The van der Waals surface area contributed by atoms with E-state index in [0.717, 1.165) is 0 Å². The molecule has 2 N–H and O–H groups in total. The second-order valence-electron chi connectivity index (χ2n) is 4.68. The molecule has 1 aliphatic rings. The van der Waals surface area contributed by atoms with Crippen molar-refractivity contribution in [2.45, 2.75) is 37.6 Å². The van der Waals surface area contributed by atoms with Crippen LogP contribution in [0.25, 0.3) is 0 Å². The molecule has 1 heterocycles. The number of alkyl halides is 2. The van der Waals surface area contributed by atoms with E-state index in [9.17, 15) is 13.2 Å². The highest BCUT2D eigenvalue weighted by atomic mass is 19.3. The molecule has 0 aromatic carbocycles. The Hall–Kier alpha value is -1.10. The molecule has 1 aromatic heterocycles. The van der Waals surface area contributed by atoms with Crippen LogP contribution in [0.1, 0.15) is 37.4 Å². The van der Waals surface area contributed by atoms with Crippen molar-refractivity contribution in [1.82, 2.24) is 4.98 Å². The fraction of sp³-hybridized carbons (Fsp3) is 0.583. The number of nitrogens with zero attached hydrogens (tertiary/aromatic N) is 1. The highest BCUT2D eigenvalue weighted by Gasteiger charge is 2.40. The van der Waals surface area contributed by atoms with Crippen molar-refractivity contribution in [2.24, 2.45) is 11.7 Å². The smallest absolute Gasteiger partial charge is 0.248 e. The Balaban J connectivity index is 1.99. The summed E-state index contributed by atoms with van der Waals surface area (Å²) in [6, 6.07) is 2.16. The summed E-state index contributed by atoms with van der Waals surface area (Å²) < 4.78 is 39.4. The zero-order valence-corrected chi connectivity index (χ0v) is 9.37. The van der Waals surface area contributed by atoms with Crippen molar-refractivity contribution in [3.05, 3.63) is 29.8 Å². The molecule has 0 radical (unpaired) electrons. The highest BCUT2D eigenvalue weighted by Crippen LogP contribution is 2.42. The van der Waals surface area contributed by atoms with E-state index in [1.807, 2.05) is 0 Å². The Kier molecular flexibility index (Phi) is 3.38. The van der Waals surface area contributed by atoms with E-state index in [0.29, 0.717) is 12.8 Å². The topological polar surface area (TPSA) is 38.9 Å². The van der Waals surface area contributed by atoms with Crippen molar-refractivity contribution in [3.63, 3.8) is 0 Å². The average molecular weight is 244 g/mol. The summed E-state index contributed by atoms with van der Waals surface area (Å²) in [5, 5.41) is 0. The Morgan fingerprint density at radius 1 is 1.53 bits per heavy atom. The first-order valence-electron chi connectivity index (χ1n) is 5.72. The van der Waals surface area contributed by atoms with Crippen LogP contribution < -0.4 is 5.73 Å². The molecule has 1 aliphatic carbocycles. The number of aromatic nitrogens is 1. The van der Waals surface area contributed by atoms with Crippen molar-refractivity contribution >= 4 is 0 Å². The molecule has 2 nitrogen and oxygen atoms in total. The van der Waals surface area contributed by atoms with Crippen LogP contribution in [0.15, 0.2) is 18.3 Å². The van der Waals surface area contributed by atoms with E-state index in [2.05, 4.69) is 4.98 Å². The molecular weight excluding hydrogens is 229 g/mol. The lowest BCUT2D eigenvalue weighted by Crippen LogP contribution is -2.18. The molecule has 2 unspecified atom stereocenters. The van der Waals surface area contributed by atoms with Crippen LogP contribution in [0.2, 0.25) is 0 Å². The van der Waals surface area contributed by atoms with Gasteiger partial charge in [0.05, 0.1) is 11.7 Å². The maximum atomic E-state index is 13.4. The van der Waals surface area contributed by atoms with Gasteiger partial charge >= 0.3 is 0 Å². The molecule has 0 spiro atoms. The van der Waals surface area contributed by atoms with Crippen LogP contribution in [-0.4, -0.2) is 10.9 Å². The molecule has 2 rings (SSSR count). The lowest BCUT2D eigenvalue weighted by atomic mass is 9.96. The summed E-state index contributed by atoms with van der Waals surface area (Å²) in [6.45, 7) is 0. The molecule has 1 fully saturated rings. The van der Waals surface area contributed by atoms with E-state index in [4.69, 9.17) is 5.73 Å². The zero-order chi connectivity index (χ0) is 12.5. The normalized spacial score (nSPS) is 24.8. The molecule has 5 heteroatoms. The first-order valence-corrected chi connectivity index (χ1v) is 5.72. The summed E-state index contributed by atoms with van der Waals surface area (Å²) in [5.41, 5.74) is 5.99. The molecule has 0 bridgehead atoms. The van der Waals surface area contributed by atoms with E-state index < -0.39 is 17.8 Å². The molecule has 1 aromatic rings. The summed E-state index contributed by atoms with van der Waals surface area (Å²) in [7, 11) is 0. The number of rotatable bonds is 3. The van der Waals surface area contributed by atoms with Gasteiger partial charge in [-0.15, -0.1) is 0 Å². The van der Waals surface area contributed by atoms with Crippen molar-refractivity contribution < 1.29 is 13.2 Å². The van der Waals surface area contributed by atoms with Crippen LogP contribution in [0.5, 0.6) is 0 Å². The number of pyridine rings is 1. The summed E-state index contributed by atoms with van der Waals surface area (Å²) >= 11 is 0. The van der Waals surface area contributed by atoms with Crippen molar-refractivity contribution in [1.29, 1.82) is 0 Å². The molecule has 1 saturated carbocycles. The first-order chi connectivity index (χ1) is 7.98. The van der Waals surface area contributed by atoms with Gasteiger partial charge in [0.15, 0.2) is 0 Å². The average Bonchev–Trinajstić information content (AvgIpc) is 2.58. The van der Waals surface area contributed by atoms with Gasteiger partial charge < -0.3 is 5.73 Å². The van der Waals surface area contributed by atoms with E-state index >= 15 is 0 Å². The van der Waals surface area contributed by atoms with Gasteiger partial charge in [-0.05, 0) is 30.9 Å². The summed E-state index contributed by atoms with van der Waals surface area (Å²) in [6.07, 6.45) is 2.05. The van der Waals surface area contributed by atoms with E-state index in [1.165, 1.54) is 18.3 Å². The monoisotopic (exact) mass is 244 g/mol. The van der Waals surface area contributed by atoms with Gasteiger partial charge in [0.25, 0.3) is 0 Å².